The van der Waals surface area contributed by atoms with Crippen molar-refractivity contribution in [1.29, 1.82) is 0 Å². The molecule has 0 saturated heterocycles. The van der Waals surface area contributed by atoms with E-state index in [9.17, 15) is 9.18 Å². The minimum absolute atomic E-state index is 0.0799. The van der Waals surface area contributed by atoms with Gasteiger partial charge in [0.1, 0.15) is 11.6 Å². The molecule has 1 aromatic carbocycles. The third kappa shape index (κ3) is 3.35. The van der Waals surface area contributed by atoms with Crippen LogP contribution in [0.2, 0.25) is 0 Å². The smallest absolute Gasteiger partial charge is 0.162 e. The number of halogens is 1. The van der Waals surface area contributed by atoms with Gasteiger partial charge in [-0.2, -0.15) is 0 Å². The van der Waals surface area contributed by atoms with E-state index in [4.69, 9.17) is 4.74 Å². The molecule has 1 aromatic rings. The Balaban J connectivity index is 2.83. The summed E-state index contributed by atoms with van der Waals surface area (Å²) in [6.45, 7) is 5.94. The van der Waals surface area contributed by atoms with E-state index in [1.165, 1.54) is 25.1 Å². The van der Waals surface area contributed by atoms with Crippen LogP contribution >= 0.6 is 0 Å². The number of ketones is 1. The Labute approximate surface area is 89.1 Å². The first-order chi connectivity index (χ1) is 7.00. The van der Waals surface area contributed by atoms with Crippen LogP contribution in [0.3, 0.4) is 0 Å². The number of rotatable bonds is 4. The van der Waals surface area contributed by atoms with Crippen LogP contribution in [0.25, 0.3) is 0 Å². The summed E-state index contributed by atoms with van der Waals surface area (Å²) in [4.78, 5) is 11.1. The molecule has 0 spiro atoms. The molecule has 0 bridgehead atoms. The molecule has 3 heteroatoms. The molecule has 0 aliphatic heterocycles. The Kier molecular flexibility index (Phi) is 3.83. The average Bonchev–Trinajstić information content (AvgIpc) is 2.16. The van der Waals surface area contributed by atoms with Crippen LogP contribution in [-0.4, -0.2) is 12.4 Å². The van der Waals surface area contributed by atoms with Crippen molar-refractivity contribution < 1.29 is 13.9 Å². The van der Waals surface area contributed by atoms with Gasteiger partial charge in [0.25, 0.3) is 0 Å². The summed E-state index contributed by atoms with van der Waals surface area (Å²) in [7, 11) is 0. The van der Waals surface area contributed by atoms with Crippen LogP contribution in [0.5, 0.6) is 5.75 Å². The number of ether oxygens (including phenoxy) is 1. The zero-order valence-corrected chi connectivity index (χ0v) is 9.21. The first-order valence-electron chi connectivity index (χ1n) is 4.94. The van der Waals surface area contributed by atoms with Gasteiger partial charge in [0.05, 0.1) is 12.2 Å². The van der Waals surface area contributed by atoms with E-state index in [1.54, 1.807) is 0 Å². The molecular formula is C12H15FO2. The third-order valence-corrected chi connectivity index (χ3v) is 1.90. The molecule has 0 amide bonds. The number of Topliss-reactive ketones (excluding diaryl/α,β-unsaturated/α-hetero) is 1. The molecule has 0 aliphatic carbocycles. The molecule has 82 valence electrons. The molecule has 0 aromatic heterocycles. The summed E-state index contributed by atoms with van der Waals surface area (Å²) in [6.07, 6.45) is 0. The second-order valence-electron chi connectivity index (χ2n) is 3.90. The summed E-state index contributed by atoms with van der Waals surface area (Å²) in [5.74, 6) is 0.146. The number of carbonyl (C=O) groups excluding carboxylic acids is 1. The number of benzene rings is 1. The summed E-state index contributed by atoms with van der Waals surface area (Å²) in [5.41, 5.74) is 0.0799. The highest BCUT2D eigenvalue weighted by Crippen LogP contribution is 2.17. The van der Waals surface area contributed by atoms with E-state index in [0.29, 0.717) is 18.3 Å². The van der Waals surface area contributed by atoms with Crippen LogP contribution in [0.15, 0.2) is 18.2 Å². The maximum absolute atomic E-state index is 13.1. The lowest BCUT2D eigenvalue weighted by Gasteiger charge is -2.09. The van der Waals surface area contributed by atoms with E-state index in [2.05, 4.69) is 0 Å². The maximum Gasteiger partial charge on any atom is 0.162 e. The first kappa shape index (κ1) is 11.7. The van der Waals surface area contributed by atoms with Gasteiger partial charge in [-0.1, -0.05) is 13.8 Å². The number of hydrogen-bond acceptors (Lipinski definition) is 2. The normalized spacial score (nSPS) is 10.5. The van der Waals surface area contributed by atoms with Crippen molar-refractivity contribution >= 4 is 5.78 Å². The summed E-state index contributed by atoms with van der Waals surface area (Å²) in [6, 6.07) is 4.23. The predicted octanol–water partition coefficient (Wildman–Crippen LogP) is 3.06. The lowest BCUT2D eigenvalue weighted by Crippen LogP contribution is -2.05. The van der Waals surface area contributed by atoms with Gasteiger partial charge >= 0.3 is 0 Å². The van der Waals surface area contributed by atoms with Crippen LogP contribution in [0.4, 0.5) is 4.39 Å². The fraction of sp³-hybridized carbons (Fsp3) is 0.417. The predicted molar refractivity (Wildman–Crippen MR) is 56.7 cm³/mol. The van der Waals surface area contributed by atoms with Crippen molar-refractivity contribution in [3.63, 3.8) is 0 Å². The zero-order valence-electron chi connectivity index (χ0n) is 9.21. The molecule has 0 aliphatic rings. The van der Waals surface area contributed by atoms with Crippen molar-refractivity contribution in [3.05, 3.63) is 29.6 Å². The molecule has 0 fully saturated rings. The lowest BCUT2D eigenvalue weighted by atomic mass is 10.1. The van der Waals surface area contributed by atoms with Gasteiger partial charge in [-0.25, -0.2) is 4.39 Å². The molecule has 0 atom stereocenters. The standard InChI is InChI=1S/C12H15FO2/c1-8(2)7-15-10-4-5-12(13)11(6-10)9(3)14/h4-6,8H,7H2,1-3H3. The van der Waals surface area contributed by atoms with Gasteiger partial charge in [-0.05, 0) is 31.0 Å². The van der Waals surface area contributed by atoms with Crippen LogP contribution in [0, 0.1) is 11.7 Å². The highest BCUT2D eigenvalue weighted by molar-refractivity contribution is 5.94. The van der Waals surface area contributed by atoms with E-state index in [-0.39, 0.29) is 11.3 Å². The Morgan fingerprint density at radius 2 is 2.13 bits per heavy atom. The van der Waals surface area contributed by atoms with Gasteiger partial charge in [0.2, 0.25) is 0 Å². The Morgan fingerprint density at radius 3 is 2.67 bits per heavy atom. The molecule has 0 unspecified atom stereocenters. The fourth-order valence-corrected chi connectivity index (χ4v) is 1.13. The minimum Gasteiger partial charge on any atom is -0.493 e. The molecule has 0 heterocycles. The SMILES string of the molecule is CC(=O)c1cc(OCC(C)C)ccc1F. The van der Waals surface area contributed by atoms with Gasteiger partial charge in [0, 0.05) is 0 Å². The summed E-state index contributed by atoms with van der Waals surface area (Å²) in [5, 5.41) is 0. The maximum atomic E-state index is 13.1. The van der Waals surface area contributed by atoms with Crippen LogP contribution in [0.1, 0.15) is 31.1 Å². The van der Waals surface area contributed by atoms with Crippen molar-refractivity contribution in [2.24, 2.45) is 5.92 Å². The quantitative estimate of drug-likeness (QED) is 0.714. The van der Waals surface area contributed by atoms with E-state index in [0.717, 1.165) is 0 Å². The van der Waals surface area contributed by atoms with Crippen molar-refractivity contribution in [2.75, 3.05) is 6.61 Å². The monoisotopic (exact) mass is 210 g/mol. The highest BCUT2D eigenvalue weighted by atomic mass is 19.1. The van der Waals surface area contributed by atoms with Gasteiger partial charge in [0.15, 0.2) is 5.78 Å². The number of hydrogen-bond donors (Lipinski definition) is 0. The van der Waals surface area contributed by atoms with Crippen molar-refractivity contribution in [3.8, 4) is 5.75 Å². The minimum atomic E-state index is -0.501. The molecule has 15 heavy (non-hydrogen) atoms. The molecule has 0 N–H and O–H groups in total. The molecule has 0 saturated carbocycles. The average molecular weight is 210 g/mol. The fourth-order valence-electron chi connectivity index (χ4n) is 1.13. The highest BCUT2D eigenvalue weighted by Gasteiger charge is 2.08. The van der Waals surface area contributed by atoms with Gasteiger partial charge < -0.3 is 4.74 Å². The van der Waals surface area contributed by atoms with Crippen LogP contribution in [-0.2, 0) is 0 Å². The summed E-state index contributed by atoms with van der Waals surface area (Å²) < 4.78 is 18.5. The lowest BCUT2D eigenvalue weighted by molar-refractivity contribution is 0.101. The molecule has 2 nitrogen and oxygen atoms in total. The van der Waals surface area contributed by atoms with Crippen molar-refractivity contribution in [2.45, 2.75) is 20.8 Å². The van der Waals surface area contributed by atoms with E-state index in [1.807, 2.05) is 13.8 Å². The number of carbonyl (C=O) groups is 1. The van der Waals surface area contributed by atoms with Gasteiger partial charge in [-0.3, -0.25) is 4.79 Å². The molecule has 1 rings (SSSR count). The Hall–Kier alpha value is -1.38. The molecular weight excluding hydrogens is 195 g/mol. The Bertz CT molecular complexity index is 359. The van der Waals surface area contributed by atoms with Gasteiger partial charge in [-0.15, -0.1) is 0 Å². The second-order valence-corrected chi connectivity index (χ2v) is 3.90. The second kappa shape index (κ2) is 4.91. The first-order valence-corrected chi connectivity index (χ1v) is 4.94. The molecule has 0 radical (unpaired) electrons. The Morgan fingerprint density at radius 1 is 1.47 bits per heavy atom. The van der Waals surface area contributed by atoms with E-state index < -0.39 is 5.82 Å². The topological polar surface area (TPSA) is 26.3 Å². The van der Waals surface area contributed by atoms with Crippen molar-refractivity contribution in [1.82, 2.24) is 0 Å². The zero-order chi connectivity index (χ0) is 11.4. The van der Waals surface area contributed by atoms with Crippen LogP contribution < -0.4 is 4.74 Å². The largest absolute Gasteiger partial charge is 0.493 e. The summed E-state index contributed by atoms with van der Waals surface area (Å²) >= 11 is 0. The van der Waals surface area contributed by atoms with E-state index >= 15 is 0 Å². The third-order valence-electron chi connectivity index (χ3n) is 1.90.